The van der Waals surface area contributed by atoms with E-state index in [4.69, 9.17) is 0 Å². The van der Waals surface area contributed by atoms with Crippen molar-refractivity contribution in [2.24, 2.45) is 5.41 Å². The monoisotopic (exact) mass is 390 g/mol. The van der Waals surface area contributed by atoms with Gasteiger partial charge in [0.05, 0.1) is 17.1 Å². The van der Waals surface area contributed by atoms with Crippen LogP contribution in [0.3, 0.4) is 0 Å². The van der Waals surface area contributed by atoms with E-state index in [0.29, 0.717) is 22.6 Å². The van der Waals surface area contributed by atoms with E-state index in [1.54, 1.807) is 0 Å². The smallest absolute Gasteiger partial charge is 0.340 e. The number of pyridine rings is 1. The van der Waals surface area contributed by atoms with Gasteiger partial charge in [-0.15, -0.1) is 12.4 Å². The Morgan fingerprint density at radius 1 is 1.12 bits per heavy atom. The third-order valence-corrected chi connectivity index (χ3v) is 6.39. The van der Waals surface area contributed by atoms with Crippen molar-refractivity contribution >= 4 is 23.6 Å². The number of fused-ring (bicyclic) bond motifs is 1. The van der Waals surface area contributed by atoms with Crippen LogP contribution in [0.15, 0.2) is 6.20 Å². The Balaban J connectivity index is 0.00000168. The molecule has 6 rings (SSSR count). The molecule has 2 bridgehead atoms. The van der Waals surface area contributed by atoms with Crippen molar-refractivity contribution in [2.45, 2.75) is 49.6 Å². The number of imidazole rings is 1. The van der Waals surface area contributed by atoms with Crippen LogP contribution < -0.4 is 5.32 Å². The number of H-pyrrole nitrogens is 1. The van der Waals surface area contributed by atoms with Gasteiger partial charge >= 0.3 is 6.18 Å². The van der Waals surface area contributed by atoms with Crippen LogP contribution in [0.2, 0.25) is 0 Å². The molecule has 2 N–H and O–H groups in total. The molecule has 1 aliphatic heterocycles. The molecule has 0 spiro atoms. The Kier molecular flexibility index (Phi) is 3.83. The lowest BCUT2D eigenvalue weighted by Crippen LogP contribution is -2.70. The lowest BCUT2D eigenvalue weighted by atomic mass is 9.34. The van der Waals surface area contributed by atoms with Crippen LogP contribution >= 0.6 is 12.4 Å². The number of alkyl halides is 3. The van der Waals surface area contributed by atoms with Crippen LogP contribution in [0.25, 0.3) is 11.2 Å². The quantitative estimate of drug-likeness (QED) is 0.763. The number of halogens is 5. The molecule has 26 heavy (non-hydrogen) atoms. The molecule has 0 aromatic carbocycles. The lowest BCUT2D eigenvalue weighted by molar-refractivity contribution is -0.338. The van der Waals surface area contributed by atoms with E-state index < -0.39 is 17.0 Å². The predicted molar refractivity (Wildman–Crippen MR) is 90.0 cm³/mol. The normalized spacial score (nSPS) is 31.2. The second-order valence-electron chi connectivity index (χ2n) is 7.92. The standard InChI is InChI=1S/C17H18F4N4.ClH/c18-10-5-23-13-12(11(10)9-1-3-22-4-2-9)24-14(25-13)15-6-16(7-15,8-15)17(19,20)21;/h5,9,22H,1-4,6-8H2,(H,23,24,25);1H. The Bertz CT molecular complexity index is 837. The van der Waals surface area contributed by atoms with Crippen molar-refractivity contribution in [2.75, 3.05) is 13.1 Å². The summed E-state index contributed by atoms with van der Waals surface area (Å²) in [5.41, 5.74) is -0.494. The van der Waals surface area contributed by atoms with Gasteiger partial charge in [0.2, 0.25) is 0 Å². The SMILES string of the molecule is Cl.Fc1cnc2nc(C34CC(C(F)(F)F)(C3)C4)[nH]c2c1C1CCNCC1. The molecule has 4 fully saturated rings. The average Bonchev–Trinajstić information content (AvgIpc) is 2.87. The Morgan fingerprint density at radius 2 is 1.77 bits per heavy atom. The van der Waals surface area contributed by atoms with Gasteiger partial charge in [0, 0.05) is 11.0 Å². The van der Waals surface area contributed by atoms with Gasteiger partial charge in [-0.3, -0.25) is 0 Å². The molecule has 3 saturated carbocycles. The Hall–Kier alpha value is -1.41. The zero-order chi connectivity index (χ0) is 17.4. The van der Waals surface area contributed by atoms with Gasteiger partial charge in [0.25, 0.3) is 0 Å². The predicted octanol–water partition coefficient (Wildman–Crippen LogP) is 3.97. The first-order valence-electron chi connectivity index (χ1n) is 8.66. The average molecular weight is 391 g/mol. The first-order chi connectivity index (χ1) is 11.8. The summed E-state index contributed by atoms with van der Waals surface area (Å²) in [4.78, 5) is 11.6. The highest BCUT2D eigenvalue weighted by Crippen LogP contribution is 2.78. The third-order valence-electron chi connectivity index (χ3n) is 6.39. The summed E-state index contributed by atoms with van der Waals surface area (Å²) in [6, 6.07) is 0. The van der Waals surface area contributed by atoms with Gasteiger partial charge in [-0.2, -0.15) is 13.2 Å². The molecule has 9 heteroatoms. The van der Waals surface area contributed by atoms with Crippen molar-refractivity contribution in [3.8, 4) is 0 Å². The molecule has 0 radical (unpaired) electrons. The number of rotatable bonds is 2. The molecule has 2 aromatic heterocycles. The van der Waals surface area contributed by atoms with Gasteiger partial charge in [0.1, 0.15) is 11.6 Å². The summed E-state index contributed by atoms with van der Waals surface area (Å²) in [5.74, 6) is 0.260. The summed E-state index contributed by atoms with van der Waals surface area (Å²) in [7, 11) is 0. The van der Waals surface area contributed by atoms with E-state index in [2.05, 4.69) is 20.3 Å². The van der Waals surface area contributed by atoms with E-state index >= 15 is 0 Å². The first kappa shape index (κ1) is 18.0. The lowest BCUT2D eigenvalue weighted by Gasteiger charge is -2.69. The molecule has 0 amide bonds. The molecule has 4 aliphatic rings. The Labute approximate surface area is 153 Å². The zero-order valence-electron chi connectivity index (χ0n) is 13.9. The highest BCUT2D eigenvalue weighted by molar-refractivity contribution is 5.85. The summed E-state index contributed by atoms with van der Waals surface area (Å²) < 4.78 is 53.7. The maximum Gasteiger partial charge on any atom is 0.394 e. The van der Waals surface area contributed by atoms with Crippen molar-refractivity contribution < 1.29 is 17.6 Å². The summed E-state index contributed by atoms with van der Waals surface area (Å²) in [5, 5.41) is 3.25. The highest BCUT2D eigenvalue weighted by atomic mass is 35.5. The van der Waals surface area contributed by atoms with Gasteiger partial charge < -0.3 is 10.3 Å². The molecular weight excluding hydrogens is 372 g/mol. The largest absolute Gasteiger partial charge is 0.394 e. The number of hydrogen-bond acceptors (Lipinski definition) is 3. The summed E-state index contributed by atoms with van der Waals surface area (Å²) in [6.45, 7) is 1.65. The van der Waals surface area contributed by atoms with Crippen molar-refractivity contribution in [1.29, 1.82) is 0 Å². The van der Waals surface area contributed by atoms with E-state index in [1.165, 1.54) is 6.20 Å². The number of aromatic nitrogens is 3. The molecule has 0 unspecified atom stereocenters. The van der Waals surface area contributed by atoms with Crippen LogP contribution in [0.1, 0.15) is 49.4 Å². The van der Waals surface area contributed by atoms with Crippen molar-refractivity contribution in [1.82, 2.24) is 20.3 Å². The van der Waals surface area contributed by atoms with Gasteiger partial charge in [-0.1, -0.05) is 0 Å². The highest BCUT2D eigenvalue weighted by Gasteiger charge is 2.79. The van der Waals surface area contributed by atoms with Crippen LogP contribution in [0.4, 0.5) is 17.6 Å². The number of aromatic amines is 1. The van der Waals surface area contributed by atoms with Gasteiger partial charge in [-0.05, 0) is 51.1 Å². The van der Waals surface area contributed by atoms with Crippen LogP contribution in [-0.4, -0.2) is 34.2 Å². The van der Waals surface area contributed by atoms with E-state index in [1.807, 2.05) is 0 Å². The second-order valence-corrected chi connectivity index (χ2v) is 7.92. The molecule has 0 atom stereocenters. The maximum absolute atomic E-state index is 14.5. The topological polar surface area (TPSA) is 53.6 Å². The summed E-state index contributed by atoms with van der Waals surface area (Å²) in [6.07, 6.45) is -1.08. The fourth-order valence-electron chi connectivity index (χ4n) is 5.05. The molecule has 1 saturated heterocycles. The van der Waals surface area contributed by atoms with Crippen molar-refractivity contribution in [3.05, 3.63) is 23.4 Å². The minimum atomic E-state index is -4.15. The van der Waals surface area contributed by atoms with Crippen LogP contribution in [0, 0.1) is 11.2 Å². The maximum atomic E-state index is 14.5. The number of piperidine rings is 1. The molecule has 2 aromatic rings. The third kappa shape index (κ3) is 2.24. The minimum Gasteiger partial charge on any atom is -0.340 e. The minimum absolute atomic E-state index is 0. The zero-order valence-corrected chi connectivity index (χ0v) is 14.7. The van der Waals surface area contributed by atoms with E-state index in [0.717, 1.165) is 25.9 Å². The van der Waals surface area contributed by atoms with Gasteiger partial charge in [-0.25, -0.2) is 14.4 Å². The first-order valence-corrected chi connectivity index (χ1v) is 8.66. The van der Waals surface area contributed by atoms with Crippen molar-refractivity contribution in [3.63, 3.8) is 0 Å². The van der Waals surface area contributed by atoms with Crippen LogP contribution in [0.5, 0.6) is 0 Å². The number of nitrogens with zero attached hydrogens (tertiary/aromatic N) is 2. The fourth-order valence-corrected chi connectivity index (χ4v) is 5.05. The van der Waals surface area contributed by atoms with E-state index in [9.17, 15) is 17.6 Å². The van der Waals surface area contributed by atoms with E-state index in [-0.39, 0.29) is 43.4 Å². The molecular formula is C17H19ClF4N4. The summed E-state index contributed by atoms with van der Waals surface area (Å²) >= 11 is 0. The fraction of sp³-hybridized carbons (Fsp3) is 0.647. The molecule has 3 heterocycles. The number of nitrogens with one attached hydrogen (secondary N) is 2. The molecule has 142 valence electrons. The number of hydrogen-bond donors (Lipinski definition) is 2. The van der Waals surface area contributed by atoms with Gasteiger partial charge in [0.15, 0.2) is 5.65 Å². The second kappa shape index (κ2) is 5.55. The Morgan fingerprint density at radius 3 is 2.38 bits per heavy atom. The molecule has 3 aliphatic carbocycles. The van der Waals surface area contributed by atoms with Crippen LogP contribution in [-0.2, 0) is 5.41 Å². The molecule has 4 nitrogen and oxygen atoms in total.